The first-order valence-electron chi connectivity index (χ1n) is 3.18. The molecule has 12 heavy (non-hydrogen) atoms. The summed E-state index contributed by atoms with van der Waals surface area (Å²) in [5.41, 5.74) is -1.01. The van der Waals surface area contributed by atoms with Crippen LogP contribution in [0.5, 0.6) is 0 Å². The summed E-state index contributed by atoms with van der Waals surface area (Å²) in [5.74, 6) is 0. The molecule has 0 N–H and O–H groups in total. The van der Waals surface area contributed by atoms with Crippen molar-refractivity contribution in [2.45, 2.75) is 19.6 Å². The van der Waals surface area contributed by atoms with E-state index >= 15 is 0 Å². The van der Waals surface area contributed by atoms with Crippen molar-refractivity contribution in [3.05, 3.63) is 16.9 Å². The minimum Gasteiger partial charge on any atom is -0.253 e. The lowest BCUT2D eigenvalue weighted by molar-refractivity contribution is -0.137. The first-order valence-corrected chi connectivity index (χ1v) is 3.55. The van der Waals surface area contributed by atoms with Crippen LogP contribution in [0.25, 0.3) is 0 Å². The Hall–Kier alpha value is -0.710. The van der Waals surface area contributed by atoms with Crippen molar-refractivity contribution in [2.24, 2.45) is 0 Å². The van der Waals surface area contributed by atoms with E-state index in [0.717, 1.165) is 4.68 Å². The van der Waals surface area contributed by atoms with Crippen LogP contribution in [-0.4, -0.2) is 9.78 Å². The molecule has 1 aromatic rings. The third-order valence-electron chi connectivity index (χ3n) is 1.30. The lowest BCUT2D eigenvalue weighted by Crippen LogP contribution is -2.05. The van der Waals surface area contributed by atoms with Gasteiger partial charge in [-0.05, 0) is 6.92 Å². The van der Waals surface area contributed by atoms with E-state index in [-0.39, 0.29) is 0 Å². The molecular formula is C6H5ClF3N2. The highest BCUT2D eigenvalue weighted by Gasteiger charge is 2.36. The van der Waals surface area contributed by atoms with Crippen molar-refractivity contribution in [1.29, 1.82) is 0 Å². The van der Waals surface area contributed by atoms with Crippen molar-refractivity contribution >= 4 is 11.6 Å². The van der Waals surface area contributed by atoms with Crippen LogP contribution in [0, 0.1) is 6.20 Å². The van der Waals surface area contributed by atoms with Gasteiger partial charge in [-0.3, -0.25) is 4.68 Å². The Labute approximate surface area is 71.9 Å². The highest BCUT2D eigenvalue weighted by Crippen LogP contribution is 2.33. The van der Waals surface area contributed by atoms with Gasteiger partial charge in [-0.25, -0.2) is 0 Å². The molecule has 0 saturated carbocycles. The van der Waals surface area contributed by atoms with Crippen LogP contribution in [0.4, 0.5) is 13.2 Å². The van der Waals surface area contributed by atoms with Crippen molar-refractivity contribution < 1.29 is 13.2 Å². The van der Waals surface area contributed by atoms with E-state index in [1.54, 1.807) is 6.92 Å². The summed E-state index contributed by atoms with van der Waals surface area (Å²) >= 11 is 5.36. The van der Waals surface area contributed by atoms with E-state index in [2.05, 4.69) is 5.10 Å². The van der Waals surface area contributed by atoms with Gasteiger partial charge in [0.2, 0.25) is 0 Å². The maximum absolute atomic E-state index is 12.0. The molecule has 1 heterocycles. The molecule has 67 valence electrons. The molecule has 0 unspecified atom stereocenters. The number of alkyl halides is 3. The largest absolute Gasteiger partial charge is 0.421 e. The summed E-state index contributed by atoms with van der Waals surface area (Å²) in [7, 11) is 0. The Kier molecular flexibility index (Phi) is 2.32. The Morgan fingerprint density at radius 1 is 1.58 bits per heavy atom. The normalized spacial score (nSPS) is 12.1. The van der Waals surface area contributed by atoms with E-state index in [1.165, 1.54) is 0 Å². The van der Waals surface area contributed by atoms with Gasteiger partial charge in [0.15, 0.2) is 0 Å². The second kappa shape index (κ2) is 2.97. The smallest absolute Gasteiger partial charge is 0.253 e. The monoisotopic (exact) mass is 197 g/mol. The van der Waals surface area contributed by atoms with Crippen LogP contribution in [0.3, 0.4) is 0 Å². The third-order valence-corrected chi connectivity index (χ3v) is 1.68. The molecule has 0 fully saturated rings. The average Bonchev–Trinajstić information content (AvgIpc) is 2.29. The van der Waals surface area contributed by atoms with Gasteiger partial charge >= 0.3 is 6.18 Å². The molecule has 2 nitrogen and oxygen atoms in total. The van der Waals surface area contributed by atoms with Crippen molar-refractivity contribution in [1.82, 2.24) is 9.78 Å². The first-order chi connectivity index (χ1) is 5.46. The number of hydrogen-bond acceptors (Lipinski definition) is 1. The van der Waals surface area contributed by atoms with Crippen molar-refractivity contribution in [2.75, 3.05) is 0 Å². The first kappa shape index (κ1) is 9.38. The molecule has 0 aliphatic carbocycles. The molecule has 6 heteroatoms. The van der Waals surface area contributed by atoms with Crippen LogP contribution >= 0.6 is 11.6 Å². The Bertz CT molecular complexity index is 279. The van der Waals surface area contributed by atoms with Gasteiger partial charge in [-0.2, -0.15) is 18.3 Å². The van der Waals surface area contributed by atoms with Crippen LogP contribution in [0.2, 0.25) is 5.15 Å². The summed E-state index contributed by atoms with van der Waals surface area (Å²) in [6, 6.07) is 0. The van der Waals surface area contributed by atoms with E-state index in [0.29, 0.717) is 6.54 Å². The second-order valence-corrected chi connectivity index (χ2v) is 2.45. The van der Waals surface area contributed by atoms with Gasteiger partial charge < -0.3 is 0 Å². The molecule has 1 aromatic heterocycles. The fraction of sp³-hybridized carbons (Fsp3) is 0.500. The maximum Gasteiger partial charge on any atom is 0.421 e. The van der Waals surface area contributed by atoms with Crippen LogP contribution in [0.15, 0.2) is 0 Å². The Morgan fingerprint density at radius 2 is 2.17 bits per heavy atom. The number of aromatic nitrogens is 2. The molecule has 0 aromatic carbocycles. The van der Waals surface area contributed by atoms with Crippen molar-refractivity contribution in [3.8, 4) is 0 Å². The summed E-state index contributed by atoms with van der Waals surface area (Å²) in [4.78, 5) is 0. The number of aryl methyl sites for hydroxylation is 1. The Morgan fingerprint density at radius 3 is 2.42 bits per heavy atom. The molecular weight excluding hydrogens is 193 g/mol. The van der Waals surface area contributed by atoms with E-state index in [4.69, 9.17) is 11.6 Å². The van der Waals surface area contributed by atoms with Gasteiger partial charge in [0.25, 0.3) is 0 Å². The highest BCUT2D eigenvalue weighted by atomic mass is 35.5. The van der Waals surface area contributed by atoms with Crippen LogP contribution < -0.4 is 0 Å². The summed E-state index contributed by atoms with van der Waals surface area (Å²) in [5, 5.41) is 2.93. The summed E-state index contributed by atoms with van der Waals surface area (Å²) in [6.07, 6.45) is -2.65. The minimum atomic E-state index is -4.47. The molecule has 1 rings (SSSR count). The predicted molar refractivity (Wildman–Crippen MR) is 36.7 cm³/mol. The number of hydrogen-bond donors (Lipinski definition) is 0. The minimum absolute atomic E-state index is 0.297. The van der Waals surface area contributed by atoms with Crippen molar-refractivity contribution in [3.63, 3.8) is 0 Å². The number of rotatable bonds is 1. The van der Waals surface area contributed by atoms with E-state index in [9.17, 15) is 13.2 Å². The van der Waals surface area contributed by atoms with Gasteiger partial charge in [0, 0.05) is 6.54 Å². The molecule has 0 aliphatic rings. The highest BCUT2D eigenvalue weighted by molar-refractivity contribution is 6.30. The zero-order valence-corrected chi connectivity index (χ0v) is 6.87. The zero-order chi connectivity index (χ0) is 9.35. The Balaban J connectivity index is 3.11. The van der Waals surface area contributed by atoms with Gasteiger partial charge in [0.05, 0.1) is 0 Å². The lowest BCUT2D eigenvalue weighted by atomic mass is 10.3. The second-order valence-electron chi connectivity index (χ2n) is 2.09. The topological polar surface area (TPSA) is 17.8 Å². The number of halogens is 4. The molecule has 0 amide bonds. The molecule has 0 bridgehead atoms. The van der Waals surface area contributed by atoms with Gasteiger partial charge in [0.1, 0.15) is 16.9 Å². The zero-order valence-electron chi connectivity index (χ0n) is 6.11. The molecule has 1 radical (unpaired) electrons. The lowest BCUT2D eigenvalue weighted by Gasteiger charge is -2.03. The summed E-state index contributed by atoms with van der Waals surface area (Å²) < 4.78 is 37.1. The van der Waals surface area contributed by atoms with E-state index in [1.807, 2.05) is 6.20 Å². The van der Waals surface area contributed by atoms with Crippen LogP contribution in [-0.2, 0) is 12.7 Å². The average molecular weight is 198 g/mol. The quantitative estimate of drug-likeness (QED) is 0.676. The SMILES string of the molecule is CCn1n[c]c(C(F)(F)F)c1Cl. The van der Waals surface area contributed by atoms with Gasteiger partial charge in [-0.15, -0.1) is 0 Å². The molecule has 0 aliphatic heterocycles. The van der Waals surface area contributed by atoms with Crippen LogP contribution in [0.1, 0.15) is 12.5 Å². The molecule has 0 atom stereocenters. The van der Waals surface area contributed by atoms with Gasteiger partial charge in [-0.1, -0.05) is 11.6 Å². The predicted octanol–water partition coefficient (Wildman–Crippen LogP) is 2.38. The molecule has 0 spiro atoms. The maximum atomic E-state index is 12.0. The molecule has 0 saturated heterocycles. The number of nitrogens with zero attached hydrogens (tertiary/aromatic N) is 2. The fourth-order valence-electron chi connectivity index (χ4n) is 0.719. The fourth-order valence-corrected chi connectivity index (χ4v) is 1.03. The third kappa shape index (κ3) is 1.55. The standard InChI is InChI=1S/C6H5ClF3N2/c1-2-12-5(7)4(3-11-12)6(8,9)10/h2H2,1H3. The van der Waals surface area contributed by atoms with E-state index < -0.39 is 16.9 Å². The summed E-state index contributed by atoms with van der Waals surface area (Å²) in [6.45, 7) is 1.94.